The van der Waals surface area contributed by atoms with Crippen molar-refractivity contribution in [2.75, 3.05) is 19.6 Å². The second-order valence-corrected chi connectivity index (χ2v) is 6.45. The predicted molar refractivity (Wildman–Crippen MR) is 84.1 cm³/mol. The average molecular weight is 317 g/mol. The van der Waals surface area contributed by atoms with Gasteiger partial charge in [-0.25, -0.2) is 9.97 Å². The van der Waals surface area contributed by atoms with Crippen molar-refractivity contribution in [1.29, 1.82) is 0 Å². The summed E-state index contributed by atoms with van der Waals surface area (Å²) in [7, 11) is 0. The number of aromatic nitrogens is 2. The fourth-order valence-electron chi connectivity index (χ4n) is 3.49. The molecule has 2 amide bonds. The maximum atomic E-state index is 12.1. The standard InChI is InChI=1S/C16H23N5O2/c1-11-18-5-2-13(19-11)10-20-6-3-14(4-7-20)21-9-12(16(17)23)8-15(21)22/h2,5,12,14H,3-4,6-10H2,1H3,(H2,17,23). The Labute approximate surface area is 135 Å². The highest BCUT2D eigenvalue weighted by Gasteiger charge is 2.37. The Morgan fingerprint density at radius 1 is 1.39 bits per heavy atom. The molecule has 0 aromatic carbocycles. The van der Waals surface area contributed by atoms with E-state index < -0.39 is 0 Å². The lowest BCUT2D eigenvalue weighted by molar-refractivity contribution is -0.130. The van der Waals surface area contributed by atoms with Crippen LogP contribution in [0.3, 0.4) is 0 Å². The zero-order valence-corrected chi connectivity index (χ0v) is 13.4. The molecule has 0 saturated carbocycles. The van der Waals surface area contributed by atoms with Crippen molar-refractivity contribution in [2.24, 2.45) is 11.7 Å². The van der Waals surface area contributed by atoms with Crippen LogP contribution in [0.5, 0.6) is 0 Å². The van der Waals surface area contributed by atoms with Crippen molar-refractivity contribution in [3.05, 3.63) is 23.8 Å². The van der Waals surface area contributed by atoms with Gasteiger partial charge in [-0.2, -0.15) is 0 Å². The number of nitrogens with zero attached hydrogens (tertiary/aromatic N) is 4. The number of piperidine rings is 1. The monoisotopic (exact) mass is 317 g/mol. The number of hydrogen-bond acceptors (Lipinski definition) is 5. The SMILES string of the molecule is Cc1nccc(CN2CCC(N3CC(C(N)=O)CC3=O)CC2)n1. The molecule has 3 rings (SSSR count). The van der Waals surface area contributed by atoms with Crippen LogP contribution < -0.4 is 5.73 Å². The second kappa shape index (κ2) is 6.62. The van der Waals surface area contributed by atoms with Gasteiger partial charge in [0.1, 0.15) is 5.82 Å². The maximum absolute atomic E-state index is 12.1. The summed E-state index contributed by atoms with van der Waals surface area (Å²) in [5.74, 6) is 0.179. The number of likely N-dealkylation sites (tertiary alicyclic amines) is 2. The highest BCUT2D eigenvalue weighted by molar-refractivity contribution is 5.88. The van der Waals surface area contributed by atoms with E-state index in [1.807, 2.05) is 17.9 Å². The lowest BCUT2D eigenvalue weighted by Crippen LogP contribution is -2.45. The molecule has 0 aliphatic carbocycles. The van der Waals surface area contributed by atoms with Crippen molar-refractivity contribution < 1.29 is 9.59 Å². The molecule has 1 atom stereocenters. The van der Waals surface area contributed by atoms with Gasteiger partial charge in [0.2, 0.25) is 11.8 Å². The highest BCUT2D eigenvalue weighted by atomic mass is 16.2. The third-order valence-corrected chi connectivity index (χ3v) is 4.78. The van der Waals surface area contributed by atoms with Gasteiger partial charge in [-0.05, 0) is 25.8 Å². The minimum absolute atomic E-state index is 0.0682. The molecule has 2 saturated heterocycles. The third kappa shape index (κ3) is 3.67. The summed E-state index contributed by atoms with van der Waals surface area (Å²) in [5.41, 5.74) is 6.36. The molecule has 1 aromatic rings. The van der Waals surface area contributed by atoms with Gasteiger partial charge in [0.25, 0.3) is 0 Å². The molecule has 0 bridgehead atoms. The zero-order valence-electron chi connectivity index (χ0n) is 13.4. The largest absolute Gasteiger partial charge is 0.369 e. The first-order valence-electron chi connectivity index (χ1n) is 8.12. The van der Waals surface area contributed by atoms with E-state index in [-0.39, 0.29) is 30.2 Å². The molecule has 23 heavy (non-hydrogen) atoms. The van der Waals surface area contributed by atoms with Crippen molar-refractivity contribution >= 4 is 11.8 Å². The summed E-state index contributed by atoms with van der Waals surface area (Å²) < 4.78 is 0. The Balaban J connectivity index is 1.52. The molecule has 0 radical (unpaired) electrons. The first kappa shape index (κ1) is 15.9. The van der Waals surface area contributed by atoms with E-state index in [1.165, 1.54) is 0 Å². The van der Waals surface area contributed by atoms with E-state index in [0.29, 0.717) is 6.54 Å². The van der Waals surface area contributed by atoms with Crippen LogP contribution in [0.15, 0.2) is 12.3 Å². The lowest BCUT2D eigenvalue weighted by atomic mass is 10.0. The molecule has 2 fully saturated rings. The maximum Gasteiger partial charge on any atom is 0.223 e. The molecule has 124 valence electrons. The number of amides is 2. The van der Waals surface area contributed by atoms with E-state index in [1.54, 1.807) is 6.20 Å². The van der Waals surface area contributed by atoms with Crippen LogP contribution >= 0.6 is 0 Å². The number of carbonyl (C=O) groups is 2. The molecule has 1 unspecified atom stereocenters. The van der Waals surface area contributed by atoms with Crippen LogP contribution in [0.1, 0.15) is 30.8 Å². The fourth-order valence-corrected chi connectivity index (χ4v) is 3.49. The van der Waals surface area contributed by atoms with Crippen LogP contribution in [0.25, 0.3) is 0 Å². The van der Waals surface area contributed by atoms with Gasteiger partial charge >= 0.3 is 0 Å². The molecule has 7 heteroatoms. The van der Waals surface area contributed by atoms with Crippen LogP contribution in [0.2, 0.25) is 0 Å². The van der Waals surface area contributed by atoms with Crippen molar-refractivity contribution in [3.63, 3.8) is 0 Å². The van der Waals surface area contributed by atoms with Crippen LogP contribution in [0.4, 0.5) is 0 Å². The predicted octanol–water partition coefficient (Wildman–Crippen LogP) is 0.0832. The topological polar surface area (TPSA) is 92.4 Å². The summed E-state index contributed by atoms with van der Waals surface area (Å²) in [4.78, 5) is 36.1. The Hall–Kier alpha value is -2.02. The van der Waals surface area contributed by atoms with E-state index >= 15 is 0 Å². The zero-order chi connectivity index (χ0) is 16.4. The summed E-state index contributed by atoms with van der Waals surface area (Å²) in [5, 5.41) is 0. The van der Waals surface area contributed by atoms with Gasteiger partial charge in [0.15, 0.2) is 0 Å². The molecule has 1 aromatic heterocycles. The van der Waals surface area contributed by atoms with Gasteiger partial charge < -0.3 is 10.6 Å². The average Bonchev–Trinajstić information content (AvgIpc) is 2.90. The lowest BCUT2D eigenvalue weighted by Gasteiger charge is -2.36. The van der Waals surface area contributed by atoms with Crippen LogP contribution in [-0.4, -0.2) is 57.3 Å². The van der Waals surface area contributed by atoms with Crippen LogP contribution in [0, 0.1) is 12.8 Å². The third-order valence-electron chi connectivity index (χ3n) is 4.78. The second-order valence-electron chi connectivity index (χ2n) is 6.45. The molecular weight excluding hydrogens is 294 g/mol. The molecule has 2 N–H and O–H groups in total. The smallest absolute Gasteiger partial charge is 0.223 e. The number of carbonyl (C=O) groups excluding carboxylic acids is 2. The summed E-state index contributed by atoms with van der Waals surface area (Å²) >= 11 is 0. The van der Waals surface area contributed by atoms with Gasteiger partial charge in [-0.15, -0.1) is 0 Å². The van der Waals surface area contributed by atoms with E-state index in [2.05, 4.69) is 14.9 Å². The molecule has 7 nitrogen and oxygen atoms in total. The van der Waals surface area contributed by atoms with E-state index in [4.69, 9.17) is 5.73 Å². The number of aryl methyl sites for hydroxylation is 1. The first-order valence-corrected chi connectivity index (χ1v) is 8.12. The molecule has 3 heterocycles. The van der Waals surface area contributed by atoms with Gasteiger partial charge in [0.05, 0.1) is 11.6 Å². The van der Waals surface area contributed by atoms with Crippen molar-refractivity contribution in [2.45, 2.75) is 38.8 Å². The molecule has 2 aliphatic rings. The highest BCUT2D eigenvalue weighted by Crippen LogP contribution is 2.25. The van der Waals surface area contributed by atoms with Crippen LogP contribution in [-0.2, 0) is 16.1 Å². The minimum Gasteiger partial charge on any atom is -0.369 e. The van der Waals surface area contributed by atoms with Gasteiger partial charge in [-0.3, -0.25) is 14.5 Å². The first-order chi connectivity index (χ1) is 11.0. The van der Waals surface area contributed by atoms with Gasteiger partial charge in [0, 0.05) is 44.8 Å². The Bertz CT molecular complexity index is 598. The summed E-state index contributed by atoms with van der Waals surface area (Å²) in [6.45, 7) is 5.05. The molecule has 0 spiro atoms. The Morgan fingerprint density at radius 2 is 2.13 bits per heavy atom. The van der Waals surface area contributed by atoms with E-state index in [0.717, 1.165) is 44.0 Å². The normalized spacial score (nSPS) is 23.4. The summed E-state index contributed by atoms with van der Waals surface area (Å²) in [6.07, 6.45) is 3.93. The fraction of sp³-hybridized carbons (Fsp3) is 0.625. The minimum atomic E-state index is -0.364. The van der Waals surface area contributed by atoms with Crippen molar-refractivity contribution in [1.82, 2.24) is 19.8 Å². The van der Waals surface area contributed by atoms with Crippen molar-refractivity contribution in [3.8, 4) is 0 Å². The Kier molecular flexibility index (Phi) is 4.56. The Morgan fingerprint density at radius 3 is 2.74 bits per heavy atom. The van der Waals surface area contributed by atoms with E-state index in [9.17, 15) is 9.59 Å². The molecule has 2 aliphatic heterocycles. The quantitative estimate of drug-likeness (QED) is 0.849. The number of nitrogens with two attached hydrogens (primary N) is 1. The van der Waals surface area contributed by atoms with Gasteiger partial charge in [-0.1, -0.05) is 0 Å². The number of primary amides is 1. The molecular formula is C16H23N5O2. The number of rotatable bonds is 4. The number of hydrogen-bond donors (Lipinski definition) is 1. The summed E-state index contributed by atoms with van der Waals surface area (Å²) in [6, 6.07) is 2.18.